The number of carbonyl (C=O) groups is 1. The molecule has 2 nitrogen and oxygen atoms in total. The molecule has 0 fully saturated rings. The molecule has 1 aromatic heterocycles. The molecule has 1 aromatic rings. The lowest BCUT2D eigenvalue weighted by atomic mass is 10.3. The van der Waals surface area contributed by atoms with Gasteiger partial charge in [0.1, 0.15) is 6.07 Å². The maximum absolute atomic E-state index is 10.2. The van der Waals surface area contributed by atoms with Gasteiger partial charge in [0.2, 0.25) is 0 Å². The van der Waals surface area contributed by atoms with Crippen LogP contribution in [0.1, 0.15) is 4.88 Å². The van der Waals surface area contributed by atoms with Crippen LogP contribution < -0.4 is 0 Å². The minimum Gasteiger partial charge on any atom is -0.297 e. The van der Waals surface area contributed by atoms with Crippen molar-refractivity contribution >= 4 is 23.7 Å². The van der Waals surface area contributed by atoms with Gasteiger partial charge in [-0.25, -0.2) is 0 Å². The number of rotatable bonds is 2. The summed E-state index contributed by atoms with van der Waals surface area (Å²) in [6.07, 6.45) is 2.12. The van der Waals surface area contributed by atoms with Crippen molar-refractivity contribution in [1.29, 1.82) is 5.26 Å². The molecular weight excluding hydrogens is 158 g/mol. The quantitative estimate of drug-likeness (QED) is 0.379. The first-order valence-electron chi connectivity index (χ1n) is 2.97. The zero-order chi connectivity index (χ0) is 8.10. The van der Waals surface area contributed by atoms with Gasteiger partial charge in [0, 0.05) is 4.88 Å². The molecule has 0 N–H and O–H groups in total. The van der Waals surface area contributed by atoms with E-state index < -0.39 is 0 Å². The van der Waals surface area contributed by atoms with Crippen molar-refractivity contribution in [2.45, 2.75) is 0 Å². The molecule has 1 heterocycles. The Kier molecular flexibility index (Phi) is 2.59. The normalized spacial score (nSPS) is 10.6. The van der Waals surface area contributed by atoms with Crippen LogP contribution in [0.4, 0.5) is 0 Å². The molecule has 0 radical (unpaired) electrons. The van der Waals surface area contributed by atoms with Gasteiger partial charge in [-0.1, -0.05) is 6.07 Å². The van der Waals surface area contributed by atoms with Gasteiger partial charge < -0.3 is 0 Å². The number of allylic oxidation sites excluding steroid dienone is 1. The summed E-state index contributed by atoms with van der Waals surface area (Å²) in [6, 6.07) is 5.51. The van der Waals surface area contributed by atoms with Gasteiger partial charge >= 0.3 is 0 Å². The predicted molar refractivity (Wildman–Crippen MR) is 44.0 cm³/mol. The molecule has 0 aliphatic heterocycles. The minimum absolute atomic E-state index is 0.160. The monoisotopic (exact) mass is 163 g/mol. The number of carbonyl (C=O) groups excluding carboxylic acids is 1. The number of thiophene rings is 1. The van der Waals surface area contributed by atoms with Crippen LogP contribution in [0.2, 0.25) is 0 Å². The molecule has 0 amide bonds. The van der Waals surface area contributed by atoms with Crippen LogP contribution in [0, 0.1) is 11.3 Å². The van der Waals surface area contributed by atoms with Crippen LogP contribution in [0.5, 0.6) is 0 Å². The van der Waals surface area contributed by atoms with E-state index in [4.69, 9.17) is 5.26 Å². The molecule has 0 bridgehead atoms. The van der Waals surface area contributed by atoms with Crippen LogP contribution >= 0.6 is 11.3 Å². The SMILES string of the molecule is N#C/C(C=O)=C\c1cccs1. The summed E-state index contributed by atoms with van der Waals surface area (Å²) < 4.78 is 0. The summed E-state index contributed by atoms with van der Waals surface area (Å²) in [7, 11) is 0. The standard InChI is InChI=1S/C8H5NOS/c9-5-7(6-10)4-8-2-1-3-11-8/h1-4,6H/b7-4+. The molecule has 0 aliphatic carbocycles. The van der Waals surface area contributed by atoms with Gasteiger partial charge in [-0.05, 0) is 17.5 Å². The van der Waals surface area contributed by atoms with Crippen LogP contribution in [0.25, 0.3) is 6.08 Å². The Labute approximate surface area is 68.4 Å². The van der Waals surface area contributed by atoms with Gasteiger partial charge in [-0.2, -0.15) is 5.26 Å². The molecule has 0 unspecified atom stereocenters. The van der Waals surface area contributed by atoms with Crippen LogP contribution in [0.15, 0.2) is 23.1 Å². The van der Waals surface area contributed by atoms with E-state index in [1.807, 2.05) is 17.5 Å². The van der Waals surface area contributed by atoms with Gasteiger partial charge in [0.05, 0.1) is 5.57 Å². The molecule has 3 heteroatoms. The molecule has 0 saturated heterocycles. The van der Waals surface area contributed by atoms with Crippen LogP contribution in [-0.4, -0.2) is 6.29 Å². The van der Waals surface area contributed by atoms with E-state index >= 15 is 0 Å². The van der Waals surface area contributed by atoms with Crippen molar-refractivity contribution in [2.75, 3.05) is 0 Å². The second-order valence-electron chi connectivity index (χ2n) is 1.84. The van der Waals surface area contributed by atoms with Crippen molar-refractivity contribution in [3.8, 4) is 6.07 Å². The minimum atomic E-state index is 0.160. The summed E-state index contributed by atoms with van der Waals surface area (Å²) in [6.45, 7) is 0. The summed E-state index contributed by atoms with van der Waals surface area (Å²) >= 11 is 1.50. The van der Waals surface area contributed by atoms with Crippen molar-refractivity contribution in [3.63, 3.8) is 0 Å². The van der Waals surface area contributed by atoms with E-state index in [2.05, 4.69) is 0 Å². The third kappa shape index (κ3) is 2.03. The van der Waals surface area contributed by atoms with E-state index in [0.29, 0.717) is 6.29 Å². The first-order chi connectivity index (χ1) is 5.36. The molecule has 54 valence electrons. The fourth-order valence-corrected chi connectivity index (χ4v) is 1.29. The number of aldehydes is 1. The van der Waals surface area contributed by atoms with Gasteiger partial charge in [0.25, 0.3) is 0 Å². The molecule has 0 aliphatic rings. The van der Waals surface area contributed by atoms with Crippen molar-refractivity contribution < 1.29 is 4.79 Å². The molecule has 0 aromatic carbocycles. The van der Waals surface area contributed by atoms with Crippen molar-refractivity contribution in [1.82, 2.24) is 0 Å². The van der Waals surface area contributed by atoms with Gasteiger partial charge in [-0.15, -0.1) is 11.3 Å². The first kappa shape index (κ1) is 7.70. The van der Waals surface area contributed by atoms with Crippen molar-refractivity contribution in [3.05, 3.63) is 28.0 Å². The highest BCUT2D eigenvalue weighted by molar-refractivity contribution is 7.10. The Bertz CT molecular complexity index is 305. The summed E-state index contributed by atoms with van der Waals surface area (Å²) in [4.78, 5) is 11.1. The molecule has 11 heavy (non-hydrogen) atoms. The van der Waals surface area contributed by atoms with E-state index in [-0.39, 0.29) is 5.57 Å². The van der Waals surface area contributed by atoms with E-state index in [1.165, 1.54) is 11.3 Å². The maximum atomic E-state index is 10.2. The smallest absolute Gasteiger partial charge is 0.160 e. The van der Waals surface area contributed by atoms with E-state index in [0.717, 1.165) is 4.88 Å². The van der Waals surface area contributed by atoms with E-state index in [1.54, 1.807) is 12.1 Å². The Hall–Kier alpha value is -1.40. The summed E-state index contributed by atoms with van der Waals surface area (Å²) in [5, 5.41) is 10.3. The van der Waals surface area contributed by atoms with Crippen LogP contribution in [0.3, 0.4) is 0 Å². The lowest BCUT2D eigenvalue weighted by Crippen LogP contribution is -1.76. The first-order valence-corrected chi connectivity index (χ1v) is 3.85. The Morgan fingerprint density at radius 3 is 3.00 bits per heavy atom. The van der Waals surface area contributed by atoms with Gasteiger partial charge in [-0.3, -0.25) is 4.79 Å². The zero-order valence-electron chi connectivity index (χ0n) is 5.65. The van der Waals surface area contributed by atoms with Crippen LogP contribution in [-0.2, 0) is 4.79 Å². The zero-order valence-corrected chi connectivity index (χ0v) is 6.47. The number of nitriles is 1. The highest BCUT2D eigenvalue weighted by Crippen LogP contribution is 2.11. The van der Waals surface area contributed by atoms with Crippen molar-refractivity contribution in [2.24, 2.45) is 0 Å². The molecular formula is C8H5NOS. The average Bonchev–Trinajstić information content (AvgIpc) is 2.52. The fourth-order valence-electron chi connectivity index (χ4n) is 0.619. The molecule has 1 rings (SSSR count). The lowest BCUT2D eigenvalue weighted by Gasteiger charge is -1.81. The fraction of sp³-hybridized carbons (Fsp3) is 0. The number of nitrogens with zero attached hydrogens (tertiary/aromatic N) is 1. The Morgan fingerprint density at radius 2 is 2.55 bits per heavy atom. The summed E-state index contributed by atoms with van der Waals surface area (Å²) in [5.74, 6) is 0. The number of hydrogen-bond acceptors (Lipinski definition) is 3. The Morgan fingerprint density at radius 1 is 1.73 bits per heavy atom. The second-order valence-corrected chi connectivity index (χ2v) is 2.82. The highest BCUT2D eigenvalue weighted by Gasteiger charge is 1.92. The topological polar surface area (TPSA) is 40.9 Å². The summed E-state index contributed by atoms with van der Waals surface area (Å²) in [5.41, 5.74) is 0.160. The molecule has 0 saturated carbocycles. The number of hydrogen-bond donors (Lipinski definition) is 0. The lowest BCUT2D eigenvalue weighted by molar-refractivity contribution is -0.104. The third-order valence-electron chi connectivity index (χ3n) is 1.10. The van der Waals surface area contributed by atoms with Gasteiger partial charge in [0.15, 0.2) is 6.29 Å². The predicted octanol–water partition coefficient (Wildman–Crippen LogP) is 1.85. The second kappa shape index (κ2) is 3.69. The third-order valence-corrected chi connectivity index (χ3v) is 1.92. The average molecular weight is 163 g/mol. The van der Waals surface area contributed by atoms with E-state index in [9.17, 15) is 4.79 Å². The Balaban J connectivity index is 2.90. The molecule has 0 spiro atoms. The largest absolute Gasteiger partial charge is 0.297 e. The maximum Gasteiger partial charge on any atom is 0.160 e. The highest BCUT2D eigenvalue weighted by atomic mass is 32.1. The molecule has 0 atom stereocenters.